The predicted molar refractivity (Wildman–Crippen MR) is 78.4 cm³/mol. The highest BCUT2D eigenvalue weighted by Crippen LogP contribution is 2.27. The van der Waals surface area contributed by atoms with E-state index in [1.807, 2.05) is 0 Å². The SMILES string of the molecule is CC(=O)c1cc(Br)ccc1OS(=O)(=O)c1cccc(F)c1. The van der Waals surface area contributed by atoms with Crippen molar-refractivity contribution >= 4 is 31.8 Å². The summed E-state index contributed by atoms with van der Waals surface area (Å²) < 4.78 is 42.9. The molecule has 2 aromatic carbocycles. The summed E-state index contributed by atoms with van der Waals surface area (Å²) in [6.07, 6.45) is 0. The minimum atomic E-state index is -4.21. The number of benzene rings is 2. The van der Waals surface area contributed by atoms with Gasteiger partial charge >= 0.3 is 10.1 Å². The lowest BCUT2D eigenvalue weighted by Gasteiger charge is -2.10. The Balaban J connectivity index is 2.44. The number of rotatable bonds is 4. The molecule has 0 aliphatic carbocycles. The number of hydrogen-bond donors (Lipinski definition) is 0. The van der Waals surface area contributed by atoms with Crippen LogP contribution in [-0.2, 0) is 10.1 Å². The first kappa shape index (κ1) is 15.7. The summed E-state index contributed by atoms with van der Waals surface area (Å²) in [4.78, 5) is 11.2. The molecule has 0 saturated heterocycles. The van der Waals surface area contributed by atoms with Gasteiger partial charge in [-0.05, 0) is 43.3 Å². The van der Waals surface area contributed by atoms with Crippen LogP contribution >= 0.6 is 15.9 Å². The van der Waals surface area contributed by atoms with Crippen LogP contribution in [-0.4, -0.2) is 14.2 Å². The van der Waals surface area contributed by atoms with Crippen molar-refractivity contribution in [3.05, 3.63) is 58.3 Å². The Kier molecular flexibility index (Phi) is 4.43. The van der Waals surface area contributed by atoms with E-state index in [2.05, 4.69) is 15.9 Å². The van der Waals surface area contributed by atoms with Gasteiger partial charge in [0.05, 0.1) is 5.56 Å². The van der Waals surface area contributed by atoms with Gasteiger partial charge in [-0.2, -0.15) is 8.42 Å². The van der Waals surface area contributed by atoms with Crippen molar-refractivity contribution in [1.29, 1.82) is 0 Å². The Labute approximate surface area is 129 Å². The fourth-order valence-electron chi connectivity index (χ4n) is 1.64. The highest BCUT2D eigenvalue weighted by atomic mass is 79.9. The first-order valence-electron chi connectivity index (χ1n) is 5.80. The summed E-state index contributed by atoms with van der Waals surface area (Å²) in [6, 6.07) is 8.81. The molecule has 7 heteroatoms. The minimum absolute atomic E-state index is 0.102. The van der Waals surface area contributed by atoms with E-state index in [0.29, 0.717) is 4.47 Å². The zero-order chi connectivity index (χ0) is 15.6. The molecule has 2 aromatic rings. The third-order valence-corrected chi connectivity index (χ3v) is 4.33. The van der Waals surface area contributed by atoms with E-state index >= 15 is 0 Å². The Morgan fingerprint density at radius 1 is 1.19 bits per heavy atom. The Morgan fingerprint density at radius 2 is 1.90 bits per heavy atom. The zero-order valence-corrected chi connectivity index (χ0v) is 13.2. The van der Waals surface area contributed by atoms with E-state index in [4.69, 9.17) is 4.18 Å². The van der Waals surface area contributed by atoms with E-state index in [9.17, 15) is 17.6 Å². The number of carbonyl (C=O) groups is 1. The monoisotopic (exact) mass is 372 g/mol. The van der Waals surface area contributed by atoms with Crippen LogP contribution in [0.5, 0.6) is 5.75 Å². The zero-order valence-electron chi connectivity index (χ0n) is 10.8. The molecule has 0 bridgehead atoms. The third-order valence-electron chi connectivity index (χ3n) is 2.61. The molecule has 0 unspecified atom stereocenters. The van der Waals surface area contributed by atoms with Crippen molar-refractivity contribution in [1.82, 2.24) is 0 Å². The normalized spacial score (nSPS) is 11.2. The van der Waals surface area contributed by atoms with Crippen LogP contribution in [0, 0.1) is 5.82 Å². The first-order valence-corrected chi connectivity index (χ1v) is 8.00. The van der Waals surface area contributed by atoms with E-state index in [1.54, 1.807) is 6.07 Å². The molecule has 21 heavy (non-hydrogen) atoms. The van der Waals surface area contributed by atoms with Crippen LogP contribution in [0.1, 0.15) is 17.3 Å². The molecule has 0 aliphatic heterocycles. The fourth-order valence-corrected chi connectivity index (χ4v) is 2.98. The molecule has 0 aliphatic rings. The third kappa shape index (κ3) is 3.68. The maximum Gasteiger partial charge on any atom is 0.339 e. The second-order valence-electron chi connectivity index (χ2n) is 4.19. The van der Waals surface area contributed by atoms with Gasteiger partial charge in [0.2, 0.25) is 0 Å². The average molecular weight is 373 g/mol. The van der Waals surface area contributed by atoms with Crippen LogP contribution in [0.25, 0.3) is 0 Å². The smallest absolute Gasteiger partial charge is 0.339 e. The molecule has 2 rings (SSSR count). The van der Waals surface area contributed by atoms with Crippen LogP contribution in [0.2, 0.25) is 0 Å². The molecular formula is C14H10BrFO4S. The first-order chi connectivity index (χ1) is 9.79. The molecule has 110 valence electrons. The number of hydrogen-bond acceptors (Lipinski definition) is 4. The van der Waals surface area contributed by atoms with Crippen molar-refractivity contribution in [3.63, 3.8) is 0 Å². The lowest BCUT2D eigenvalue weighted by molar-refractivity contribution is 0.101. The molecule has 0 heterocycles. The van der Waals surface area contributed by atoms with Crippen molar-refractivity contribution in [3.8, 4) is 5.75 Å². The van der Waals surface area contributed by atoms with Gasteiger partial charge in [0, 0.05) is 4.47 Å². The molecular weight excluding hydrogens is 363 g/mol. The molecule has 0 radical (unpaired) electrons. The molecule has 0 atom stereocenters. The van der Waals surface area contributed by atoms with Crippen molar-refractivity contribution in [2.45, 2.75) is 11.8 Å². The van der Waals surface area contributed by atoms with Crippen molar-refractivity contribution < 1.29 is 21.8 Å². The second-order valence-corrected chi connectivity index (χ2v) is 6.65. The fraction of sp³-hybridized carbons (Fsp3) is 0.0714. The number of carbonyl (C=O) groups excluding carboxylic acids is 1. The van der Waals surface area contributed by atoms with Gasteiger partial charge in [-0.1, -0.05) is 22.0 Å². The predicted octanol–water partition coefficient (Wildman–Crippen LogP) is 3.56. The molecule has 0 aromatic heterocycles. The van der Waals surface area contributed by atoms with E-state index < -0.39 is 15.9 Å². The van der Waals surface area contributed by atoms with Crippen LogP contribution in [0.15, 0.2) is 51.8 Å². The van der Waals surface area contributed by atoms with Gasteiger partial charge in [-0.15, -0.1) is 0 Å². The maximum atomic E-state index is 13.1. The van der Waals surface area contributed by atoms with Gasteiger partial charge < -0.3 is 4.18 Å². The van der Waals surface area contributed by atoms with Gasteiger partial charge in [-0.25, -0.2) is 4.39 Å². The number of Topliss-reactive ketones (excluding diaryl/α,β-unsaturated/α-hetero) is 1. The molecule has 0 fully saturated rings. The van der Waals surface area contributed by atoms with Gasteiger partial charge in [0.1, 0.15) is 10.7 Å². The van der Waals surface area contributed by atoms with Crippen LogP contribution in [0.4, 0.5) is 4.39 Å². The second kappa shape index (κ2) is 5.95. The minimum Gasteiger partial charge on any atom is -0.378 e. The summed E-state index contributed by atoms with van der Waals surface area (Å²) >= 11 is 3.19. The molecule has 4 nitrogen and oxygen atoms in total. The molecule has 0 amide bonds. The van der Waals surface area contributed by atoms with Gasteiger partial charge in [-0.3, -0.25) is 4.79 Å². The van der Waals surface area contributed by atoms with Crippen LogP contribution < -0.4 is 4.18 Å². The van der Waals surface area contributed by atoms with E-state index in [0.717, 1.165) is 12.1 Å². The maximum absolute atomic E-state index is 13.1. The highest BCUT2D eigenvalue weighted by Gasteiger charge is 2.20. The Morgan fingerprint density at radius 3 is 2.52 bits per heavy atom. The van der Waals surface area contributed by atoms with Gasteiger partial charge in [0.15, 0.2) is 11.5 Å². The molecule has 0 saturated carbocycles. The van der Waals surface area contributed by atoms with Crippen LogP contribution in [0.3, 0.4) is 0 Å². The highest BCUT2D eigenvalue weighted by molar-refractivity contribution is 9.10. The summed E-state index contributed by atoms with van der Waals surface area (Å²) in [6.45, 7) is 1.30. The topological polar surface area (TPSA) is 60.4 Å². The largest absolute Gasteiger partial charge is 0.378 e. The van der Waals surface area contributed by atoms with Crippen molar-refractivity contribution in [2.75, 3.05) is 0 Å². The average Bonchev–Trinajstić information content (AvgIpc) is 2.40. The number of ketones is 1. The van der Waals surface area contributed by atoms with Gasteiger partial charge in [0.25, 0.3) is 0 Å². The van der Waals surface area contributed by atoms with Crippen molar-refractivity contribution in [2.24, 2.45) is 0 Å². The van der Waals surface area contributed by atoms with E-state index in [-0.39, 0.29) is 22.0 Å². The standard InChI is InChI=1S/C14H10BrFO4S/c1-9(17)13-7-10(15)5-6-14(13)20-21(18,19)12-4-2-3-11(16)8-12/h2-8H,1H3. The lowest BCUT2D eigenvalue weighted by atomic mass is 10.1. The quantitative estimate of drug-likeness (QED) is 0.608. The summed E-state index contributed by atoms with van der Waals surface area (Å²) in [7, 11) is -4.21. The lowest BCUT2D eigenvalue weighted by Crippen LogP contribution is -2.12. The summed E-state index contributed by atoms with van der Waals surface area (Å²) in [5.41, 5.74) is 0.115. The molecule has 0 N–H and O–H groups in total. The summed E-state index contributed by atoms with van der Waals surface area (Å²) in [5.74, 6) is -1.14. The summed E-state index contributed by atoms with van der Waals surface area (Å²) in [5, 5.41) is 0. The number of halogens is 2. The Bertz CT molecular complexity index is 802. The van der Waals surface area contributed by atoms with E-state index in [1.165, 1.54) is 31.2 Å². The molecule has 0 spiro atoms. The Hall–Kier alpha value is -1.73.